The second kappa shape index (κ2) is 5.51. The Morgan fingerprint density at radius 2 is 2.26 bits per heavy atom. The topological polar surface area (TPSA) is 83.0 Å². The monoisotopic (exact) mass is 260 g/mol. The average molecular weight is 260 g/mol. The fourth-order valence-electron chi connectivity index (χ4n) is 1.78. The van der Waals surface area contributed by atoms with Crippen molar-refractivity contribution in [1.29, 1.82) is 0 Å². The first-order chi connectivity index (χ1) is 9.13. The van der Waals surface area contributed by atoms with E-state index in [-0.39, 0.29) is 5.69 Å². The van der Waals surface area contributed by atoms with E-state index in [0.717, 1.165) is 5.69 Å². The zero-order valence-corrected chi connectivity index (χ0v) is 11.0. The summed E-state index contributed by atoms with van der Waals surface area (Å²) in [5, 5.41) is 0. The summed E-state index contributed by atoms with van der Waals surface area (Å²) in [4.78, 5) is 20.1. The summed E-state index contributed by atoms with van der Waals surface area (Å²) in [6.45, 7) is 4.31. The molecule has 2 rings (SSSR count). The first-order valence-corrected chi connectivity index (χ1v) is 6.03. The van der Waals surface area contributed by atoms with Crippen LogP contribution in [0.2, 0.25) is 0 Å². The van der Waals surface area contributed by atoms with Gasteiger partial charge in [-0.05, 0) is 26.0 Å². The molecule has 2 aromatic heterocycles. The normalized spacial score (nSPS) is 10.4. The van der Waals surface area contributed by atoms with Gasteiger partial charge in [0.05, 0.1) is 18.8 Å². The molecule has 0 radical (unpaired) electrons. The third-order valence-corrected chi connectivity index (χ3v) is 2.71. The largest absolute Gasteiger partial charge is 0.461 e. The lowest BCUT2D eigenvalue weighted by atomic mass is 10.3. The fraction of sp³-hybridized carbons (Fsp3) is 0.308. The lowest BCUT2D eigenvalue weighted by molar-refractivity contribution is 0.0521. The summed E-state index contributed by atoms with van der Waals surface area (Å²) in [5.41, 5.74) is 6.97. The van der Waals surface area contributed by atoms with E-state index in [1.807, 2.05) is 18.2 Å². The molecule has 0 aliphatic heterocycles. The van der Waals surface area contributed by atoms with E-state index < -0.39 is 5.97 Å². The third kappa shape index (κ3) is 2.73. The molecule has 100 valence electrons. The smallest absolute Gasteiger partial charge is 0.360 e. The number of rotatable bonds is 4. The number of ether oxygens (including phenoxy) is 1. The van der Waals surface area contributed by atoms with E-state index >= 15 is 0 Å². The molecule has 19 heavy (non-hydrogen) atoms. The number of nitrogens with two attached hydrogens (primary N) is 1. The number of imidazole rings is 1. The summed E-state index contributed by atoms with van der Waals surface area (Å²) in [6, 6.07) is 5.64. The molecule has 0 aliphatic rings. The maximum atomic E-state index is 11.7. The van der Waals surface area contributed by atoms with Crippen LogP contribution in [-0.4, -0.2) is 27.1 Å². The number of nitrogen functional groups attached to an aromatic ring is 1. The Kier molecular flexibility index (Phi) is 3.79. The minimum absolute atomic E-state index is 0.162. The molecular formula is C13H16N4O2. The van der Waals surface area contributed by atoms with Crippen molar-refractivity contribution < 1.29 is 9.53 Å². The number of aryl methyl sites for hydroxylation is 1. The van der Waals surface area contributed by atoms with Gasteiger partial charge in [-0.1, -0.05) is 6.07 Å². The molecule has 0 amide bonds. The minimum atomic E-state index is -0.497. The lowest BCUT2D eigenvalue weighted by Gasteiger charge is -2.07. The molecule has 2 N–H and O–H groups in total. The fourth-order valence-corrected chi connectivity index (χ4v) is 1.78. The van der Waals surface area contributed by atoms with Crippen LogP contribution in [0.15, 0.2) is 24.4 Å². The van der Waals surface area contributed by atoms with Crippen LogP contribution in [0.4, 0.5) is 5.82 Å². The van der Waals surface area contributed by atoms with Crippen molar-refractivity contribution in [2.75, 3.05) is 12.3 Å². The number of hydrogen-bond acceptors (Lipinski definition) is 5. The van der Waals surface area contributed by atoms with E-state index in [4.69, 9.17) is 10.5 Å². The van der Waals surface area contributed by atoms with Crippen molar-refractivity contribution in [3.63, 3.8) is 0 Å². The van der Waals surface area contributed by atoms with E-state index in [2.05, 4.69) is 9.97 Å². The second-order valence-corrected chi connectivity index (χ2v) is 4.02. The standard InChI is InChI=1S/C13H16N4O2/c1-3-19-13(18)11-12(14)17(9(2)16-11)8-10-6-4-5-7-15-10/h4-7H,3,8,14H2,1-2H3. The predicted octanol–water partition coefficient (Wildman–Crippen LogP) is 1.39. The first kappa shape index (κ1) is 13.1. The van der Waals surface area contributed by atoms with Crippen LogP contribution < -0.4 is 5.73 Å². The van der Waals surface area contributed by atoms with Crippen LogP contribution in [-0.2, 0) is 11.3 Å². The van der Waals surface area contributed by atoms with Crippen molar-refractivity contribution in [3.05, 3.63) is 41.6 Å². The van der Waals surface area contributed by atoms with Crippen molar-refractivity contribution in [2.24, 2.45) is 0 Å². The second-order valence-electron chi connectivity index (χ2n) is 4.02. The van der Waals surface area contributed by atoms with E-state index in [0.29, 0.717) is 24.8 Å². The Balaban J connectivity index is 2.29. The van der Waals surface area contributed by atoms with Gasteiger partial charge in [0.1, 0.15) is 11.6 Å². The SMILES string of the molecule is CCOC(=O)c1nc(C)n(Cc2ccccn2)c1N. The zero-order chi connectivity index (χ0) is 13.8. The summed E-state index contributed by atoms with van der Waals surface area (Å²) >= 11 is 0. The van der Waals surface area contributed by atoms with E-state index in [1.165, 1.54) is 0 Å². The summed E-state index contributed by atoms with van der Waals surface area (Å²) in [6.07, 6.45) is 1.71. The maximum Gasteiger partial charge on any atom is 0.360 e. The average Bonchev–Trinajstić information content (AvgIpc) is 2.68. The van der Waals surface area contributed by atoms with Crippen LogP contribution in [0.3, 0.4) is 0 Å². The lowest BCUT2D eigenvalue weighted by Crippen LogP contribution is -2.11. The van der Waals surface area contributed by atoms with Gasteiger partial charge in [0.2, 0.25) is 0 Å². The molecule has 0 bridgehead atoms. The molecule has 0 unspecified atom stereocenters. The number of nitrogens with zero attached hydrogens (tertiary/aromatic N) is 3. The summed E-state index contributed by atoms with van der Waals surface area (Å²) in [5.74, 6) is 0.468. The number of hydrogen-bond donors (Lipinski definition) is 1. The van der Waals surface area contributed by atoms with E-state index in [9.17, 15) is 4.79 Å². The molecule has 2 heterocycles. The van der Waals surface area contributed by atoms with Crippen LogP contribution in [0.1, 0.15) is 28.9 Å². The maximum absolute atomic E-state index is 11.7. The van der Waals surface area contributed by atoms with Crippen molar-refractivity contribution in [3.8, 4) is 0 Å². The minimum Gasteiger partial charge on any atom is -0.461 e. The Morgan fingerprint density at radius 3 is 2.89 bits per heavy atom. The molecule has 0 aromatic carbocycles. The Bertz CT molecular complexity index is 578. The highest BCUT2D eigenvalue weighted by molar-refractivity contribution is 5.92. The van der Waals surface area contributed by atoms with Crippen molar-refractivity contribution in [2.45, 2.75) is 20.4 Å². The molecule has 0 spiro atoms. The van der Waals surface area contributed by atoms with Crippen LogP contribution in [0, 0.1) is 6.92 Å². The predicted molar refractivity (Wildman–Crippen MR) is 70.7 cm³/mol. The van der Waals surface area contributed by atoms with Gasteiger partial charge in [0.15, 0.2) is 5.69 Å². The zero-order valence-electron chi connectivity index (χ0n) is 11.0. The molecule has 6 nitrogen and oxygen atoms in total. The molecule has 0 atom stereocenters. The highest BCUT2D eigenvalue weighted by Gasteiger charge is 2.19. The number of carbonyl (C=O) groups is 1. The van der Waals surface area contributed by atoms with Gasteiger partial charge in [-0.15, -0.1) is 0 Å². The highest BCUT2D eigenvalue weighted by atomic mass is 16.5. The Labute approximate surface area is 111 Å². The number of anilines is 1. The van der Waals surface area contributed by atoms with Crippen LogP contribution >= 0.6 is 0 Å². The van der Waals surface area contributed by atoms with Gasteiger partial charge >= 0.3 is 5.97 Å². The molecular weight excluding hydrogens is 244 g/mol. The molecule has 0 aliphatic carbocycles. The molecule has 2 aromatic rings. The third-order valence-electron chi connectivity index (χ3n) is 2.71. The van der Waals surface area contributed by atoms with Gasteiger partial charge in [0.25, 0.3) is 0 Å². The number of pyridine rings is 1. The molecule has 6 heteroatoms. The van der Waals surface area contributed by atoms with Crippen molar-refractivity contribution in [1.82, 2.24) is 14.5 Å². The number of carbonyl (C=O) groups excluding carboxylic acids is 1. The molecule has 0 fully saturated rings. The van der Waals surface area contributed by atoms with Crippen molar-refractivity contribution >= 4 is 11.8 Å². The van der Waals surface area contributed by atoms with Crippen LogP contribution in [0.25, 0.3) is 0 Å². The number of aromatic nitrogens is 3. The highest BCUT2D eigenvalue weighted by Crippen LogP contribution is 2.16. The van der Waals surface area contributed by atoms with E-state index in [1.54, 1.807) is 24.6 Å². The van der Waals surface area contributed by atoms with Gasteiger partial charge < -0.3 is 15.0 Å². The Morgan fingerprint density at radius 1 is 1.47 bits per heavy atom. The van der Waals surface area contributed by atoms with Gasteiger partial charge in [0, 0.05) is 6.20 Å². The number of esters is 1. The molecule has 0 saturated carbocycles. The Hall–Kier alpha value is -2.37. The summed E-state index contributed by atoms with van der Waals surface area (Å²) in [7, 11) is 0. The van der Waals surface area contributed by atoms with Gasteiger partial charge in [-0.3, -0.25) is 4.98 Å². The van der Waals surface area contributed by atoms with Gasteiger partial charge in [-0.25, -0.2) is 9.78 Å². The molecule has 0 saturated heterocycles. The summed E-state index contributed by atoms with van der Waals surface area (Å²) < 4.78 is 6.66. The quantitative estimate of drug-likeness (QED) is 0.840. The van der Waals surface area contributed by atoms with Crippen LogP contribution in [0.5, 0.6) is 0 Å². The van der Waals surface area contributed by atoms with Gasteiger partial charge in [-0.2, -0.15) is 0 Å². The first-order valence-electron chi connectivity index (χ1n) is 6.03.